The van der Waals surface area contributed by atoms with Gasteiger partial charge in [0.2, 0.25) is 11.2 Å². The summed E-state index contributed by atoms with van der Waals surface area (Å²) in [6.07, 6.45) is 3.07. The predicted octanol–water partition coefficient (Wildman–Crippen LogP) is 1.75. The van der Waals surface area contributed by atoms with Crippen LogP contribution in [0.2, 0.25) is 5.28 Å². The molecular formula is C10H11ClN4O3S. The Morgan fingerprint density at radius 3 is 2.84 bits per heavy atom. The topological polar surface area (TPSA) is 89.2 Å². The third kappa shape index (κ3) is 3.54. The Labute approximate surface area is 118 Å². The third-order valence-electron chi connectivity index (χ3n) is 2.69. The van der Waals surface area contributed by atoms with Crippen molar-refractivity contribution in [3.05, 3.63) is 21.6 Å². The molecule has 7 nitrogen and oxygen atoms in total. The normalized spacial score (nSPS) is 14.7. The minimum absolute atomic E-state index is 0.0356. The van der Waals surface area contributed by atoms with E-state index in [-0.39, 0.29) is 27.7 Å². The first kappa shape index (κ1) is 14.0. The van der Waals surface area contributed by atoms with Crippen molar-refractivity contribution < 1.29 is 9.72 Å². The lowest BCUT2D eigenvalue weighted by molar-refractivity contribution is -0.388. The second-order valence-electron chi connectivity index (χ2n) is 3.96. The molecule has 1 saturated heterocycles. The van der Waals surface area contributed by atoms with Crippen molar-refractivity contribution in [2.24, 2.45) is 0 Å². The number of rotatable bonds is 4. The first-order valence-corrected chi connectivity index (χ1v) is 7.02. The molecule has 1 aliphatic heterocycles. The number of amides is 1. The number of aromatic nitrogens is 2. The Bertz CT molecular complexity index is 508. The van der Waals surface area contributed by atoms with E-state index in [1.165, 1.54) is 0 Å². The van der Waals surface area contributed by atoms with E-state index in [1.54, 1.807) is 4.90 Å². The van der Waals surface area contributed by atoms with Gasteiger partial charge in [0.15, 0.2) is 5.03 Å². The molecule has 0 bridgehead atoms. The van der Waals surface area contributed by atoms with Gasteiger partial charge in [-0.25, -0.2) is 9.97 Å². The number of hydrogen-bond donors (Lipinski definition) is 0. The maximum Gasteiger partial charge on any atom is 0.319 e. The second-order valence-corrected chi connectivity index (χ2v) is 5.27. The summed E-state index contributed by atoms with van der Waals surface area (Å²) in [5, 5.41) is 10.9. The molecule has 0 radical (unpaired) electrons. The van der Waals surface area contributed by atoms with Crippen LogP contribution in [0.25, 0.3) is 0 Å². The smallest absolute Gasteiger partial charge is 0.319 e. The fraction of sp³-hybridized carbons (Fsp3) is 0.500. The van der Waals surface area contributed by atoms with Gasteiger partial charge in [0.05, 0.1) is 10.7 Å². The van der Waals surface area contributed by atoms with Gasteiger partial charge in [-0.05, 0) is 24.4 Å². The summed E-state index contributed by atoms with van der Waals surface area (Å²) in [7, 11) is 0. The lowest BCUT2D eigenvalue weighted by atomic mass is 10.4. The van der Waals surface area contributed by atoms with Crippen molar-refractivity contribution in [2.45, 2.75) is 17.9 Å². The highest BCUT2D eigenvalue weighted by molar-refractivity contribution is 8.00. The number of carbonyl (C=O) groups excluding carboxylic acids is 1. The maximum atomic E-state index is 11.8. The van der Waals surface area contributed by atoms with Gasteiger partial charge in [0.1, 0.15) is 6.20 Å². The van der Waals surface area contributed by atoms with E-state index >= 15 is 0 Å². The monoisotopic (exact) mass is 302 g/mol. The van der Waals surface area contributed by atoms with Crippen LogP contribution in [0.15, 0.2) is 11.2 Å². The van der Waals surface area contributed by atoms with E-state index < -0.39 is 4.92 Å². The van der Waals surface area contributed by atoms with Crippen LogP contribution in [-0.4, -0.2) is 44.5 Å². The zero-order valence-corrected chi connectivity index (χ0v) is 11.5. The molecule has 2 rings (SSSR count). The molecule has 2 heterocycles. The number of nitrogens with zero attached hydrogens (tertiary/aromatic N) is 4. The predicted molar refractivity (Wildman–Crippen MR) is 70.2 cm³/mol. The van der Waals surface area contributed by atoms with Crippen LogP contribution in [0.4, 0.5) is 5.69 Å². The molecule has 102 valence electrons. The number of carbonyl (C=O) groups is 1. The lowest BCUT2D eigenvalue weighted by Crippen LogP contribution is -2.29. The summed E-state index contributed by atoms with van der Waals surface area (Å²) in [5.41, 5.74) is -0.233. The second kappa shape index (κ2) is 6.16. The SMILES string of the molecule is O=C(CSc1nc(Cl)ncc1[N+](=O)[O-])N1CCCC1. The number of nitro groups is 1. The van der Waals surface area contributed by atoms with Crippen LogP contribution in [0.3, 0.4) is 0 Å². The van der Waals surface area contributed by atoms with Crippen LogP contribution in [0, 0.1) is 10.1 Å². The molecule has 0 unspecified atom stereocenters. The van der Waals surface area contributed by atoms with Crippen LogP contribution >= 0.6 is 23.4 Å². The highest BCUT2D eigenvalue weighted by Crippen LogP contribution is 2.27. The first-order valence-electron chi connectivity index (χ1n) is 5.65. The molecule has 1 aromatic heterocycles. The van der Waals surface area contributed by atoms with Gasteiger partial charge in [-0.15, -0.1) is 0 Å². The average molecular weight is 303 g/mol. The van der Waals surface area contributed by atoms with E-state index in [2.05, 4.69) is 9.97 Å². The summed E-state index contributed by atoms with van der Waals surface area (Å²) in [6, 6.07) is 0. The van der Waals surface area contributed by atoms with Crippen LogP contribution in [-0.2, 0) is 4.79 Å². The van der Waals surface area contributed by atoms with Crippen molar-refractivity contribution >= 4 is 35.0 Å². The minimum Gasteiger partial charge on any atom is -0.342 e. The summed E-state index contributed by atoms with van der Waals surface area (Å²) in [4.78, 5) is 31.2. The molecule has 1 fully saturated rings. The first-order chi connectivity index (χ1) is 9.08. The van der Waals surface area contributed by atoms with E-state index in [0.29, 0.717) is 0 Å². The summed E-state index contributed by atoms with van der Waals surface area (Å²) in [5.74, 6) is 0.0836. The van der Waals surface area contributed by atoms with Crippen molar-refractivity contribution in [3.63, 3.8) is 0 Å². The molecule has 1 aliphatic rings. The molecule has 0 atom stereocenters. The van der Waals surface area contributed by atoms with Gasteiger partial charge in [0.25, 0.3) is 0 Å². The van der Waals surface area contributed by atoms with E-state index in [4.69, 9.17) is 11.6 Å². The number of halogens is 1. The van der Waals surface area contributed by atoms with Gasteiger partial charge in [0, 0.05) is 13.1 Å². The Balaban J connectivity index is 2.04. The molecule has 0 aliphatic carbocycles. The van der Waals surface area contributed by atoms with E-state index in [0.717, 1.165) is 43.9 Å². The van der Waals surface area contributed by atoms with Crippen LogP contribution in [0.1, 0.15) is 12.8 Å². The zero-order chi connectivity index (χ0) is 13.8. The number of likely N-dealkylation sites (tertiary alicyclic amines) is 1. The molecule has 1 amide bonds. The molecule has 0 N–H and O–H groups in total. The van der Waals surface area contributed by atoms with Gasteiger partial charge in [-0.1, -0.05) is 11.8 Å². The quantitative estimate of drug-likeness (QED) is 0.277. The largest absolute Gasteiger partial charge is 0.342 e. The molecular weight excluding hydrogens is 292 g/mol. The highest BCUT2D eigenvalue weighted by Gasteiger charge is 2.22. The standard InChI is InChI=1S/C10H11ClN4O3S/c11-10-12-5-7(15(17)18)9(13-10)19-6-8(16)14-3-1-2-4-14/h5H,1-4,6H2. The molecule has 0 spiro atoms. The highest BCUT2D eigenvalue weighted by atomic mass is 35.5. The Morgan fingerprint density at radius 2 is 2.21 bits per heavy atom. The maximum absolute atomic E-state index is 11.8. The van der Waals surface area contributed by atoms with Crippen molar-refractivity contribution in [1.29, 1.82) is 0 Å². The molecule has 0 aromatic carbocycles. The molecule has 0 saturated carbocycles. The van der Waals surface area contributed by atoms with Crippen molar-refractivity contribution in [1.82, 2.24) is 14.9 Å². The van der Waals surface area contributed by atoms with Crippen molar-refractivity contribution in [3.8, 4) is 0 Å². The molecule has 1 aromatic rings. The van der Waals surface area contributed by atoms with Gasteiger partial charge >= 0.3 is 5.69 Å². The Morgan fingerprint density at radius 1 is 1.53 bits per heavy atom. The van der Waals surface area contributed by atoms with Gasteiger partial charge in [-0.3, -0.25) is 14.9 Å². The molecule has 19 heavy (non-hydrogen) atoms. The fourth-order valence-corrected chi connectivity index (χ4v) is 2.81. The summed E-state index contributed by atoms with van der Waals surface area (Å²) >= 11 is 6.63. The van der Waals surface area contributed by atoms with E-state index in [9.17, 15) is 14.9 Å². The van der Waals surface area contributed by atoms with Crippen molar-refractivity contribution in [2.75, 3.05) is 18.8 Å². The minimum atomic E-state index is -0.584. The molecule has 9 heteroatoms. The van der Waals surface area contributed by atoms with Crippen LogP contribution in [0.5, 0.6) is 0 Å². The zero-order valence-electron chi connectivity index (χ0n) is 9.91. The lowest BCUT2D eigenvalue weighted by Gasteiger charge is -2.14. The van der Waals surface area contributed by atoms with E-state index in [1.807, 2.05) is 0 Å². The summed E-state index contributed by atoms with van der Waals surface area (Å²) in [6.45, 7) is 1.51. The Hall–Kier alpha value is -1.41. The van der Waals surface area contributed by atoms with Gasteiger partial charge in [-0.2, -0.15) is 0 Å². The number of thioether (sulfide) groups is 1. The van der Waals surface area contributed by atoms with Gasteiger partial charge < -0.3 is 4.90 Å². The fourth-order valence-electron chi connectivity index (χ4n) is 1.76. The Kier molecular flexibility index (Phi) is 4.54. The third-order valence-corrected chi connectivity index (χ3v) is 3.84. The summed E-state index contributed by atoms with van der Waals surface area (Å²) < 4.78 is 0. The van der Waals surface area contributed by atoms with Crippen LogP contribution < -0.4 is 0 Å². The number of hydrogen-bond acceptors (Lipinski definition) is 6. The average Bonchev–Trinajstić information content (AvgIpc) is 2.89.